The van der Waals surface area contributed by atoms with Gasteiger partial charge in [-0.25, -0.2) is 0 Å². The van der Waals surface area contributed by atoms with E-state index in [2.05, 4.69) is 25.8 Å². The second-order valence-corrected chi connectivity index (χ2v) is 5.61. The molecule has 102 valence electrons. The maximum absolute atomic E-state index is 10.3. The Bertz CT molecular complexity index is 413. The second-order valence-electron chi connectivity index (χ2n) is 5.61. The van der Waals surface area contributed by atoms with E-state index < -0.39 is 0 Å². The van der Waals surface area contributed by atoms with Gasteiger partial charge in [0, 0.05) is 29.4 Å². The van der Waals surface area contributed by atoms with Crippen LogP contribution in [-0.2, 0) is 6.42 Å². The van der Waals surface area contributed by atoms with Crippen LogP contribution in [0.4, 0.5) is 0 Å². The maximum Gasteiger partial charge on any atom is 0.128 e. The van der Waals surface area contributed by atoms with Gasteiger partial charge in [-0.15, -0.1) is 0 Å². The summed E-state index contributed by atoms with van der Waals surface area (Å²) >= 11 is 0. The largest absolute Gasteiger partial charge is 0.496 e. The Labute approximate surface area is 110 Å². The van der Waals surface area contributed by atoms with Crippen molar-refractivity contribution in [1.29, 1.82) is 0 Å². The number of ether oxygens (including phenoxy) is 1. The van der Waals surface area contributed by atoms with Crippen LogP contribution in [0.15, 0.2) is 6.20 Å². The fourth-order valence-electron chi connectivity index (χ4n) is 1.97. The van der Waals surface area contributed by atoms with Crippen LogP contribution in [0.5, 0.6) is 5.75 Å². The summed E-state index contributed by atoms with van der Waals surface area (Å²) in [6.45, 7) is 10.2. The number of aromatic nitrogens is 1. The summed E-state index contributed by atoms with van der Waals surface area (Å²) in [7, 11) is 1.67. The Morgan fingerprint density at radius 3 is 2.50 bits per heavy atom. The lowest BCUT2D eigenvalue weighted by Gasteiger charge is -2.29. The third kappa shape index (κ3) is 3.02. The molecule has 0 aliphatic heterocycles. The molecule has 0 spiro atoms. The number of hydrogen-bond donors (Lipinski definition) is 1. The van der Waals surface area contributed by atoms with Gasteiger partial charge in [0.05, 0.1) is 13.2 Å². The summed E-state index contributed by atoms with van der Waals surface area (Å²) in [5, 5.41) is 10.3. The van der Waals surface area contributed by atoms with E-state index in [1.807, 2.05) is 20.0 Å². The average Bonchev–Trinajstić information content (AvgIpc) is 2.33. The Hall–Kier alpha value is -1.09. The van der Waals surface area contributed by atoms with E-state index in [1.165, 1.54) is 0 Å². The Kier molecular flexibility index (Phi) is 4.74. The minimum atomic E-state index is -0.388. The van der Waals surface area contributed by atoms with Gasteiger partial charge in [0.25, 0.3) is 0 Å². The molecule has 18 heavy (non-hydrogen) atoms. The van der Waals surface area contributed by atoms with Gasteiger partial charge in [0.15, 0.2) is 0 Å². The number of aliphatic hydroxyl groups excluding tert-OH is 1. The molecule has 0 amide bonds. The topological polar surface area (TPSA) is 42.4 Å². The molecule has 1 N–H and O–H groups in total. The van der Waals surface area contributed by atoms with E-state index in [0.29, 0.717) is 6.42 Å². The highest BCUT2D eigenvalue weighted by Gasteiger charge is 2.27. The van der Waals surface area contributed by atoms with E-state index in [1.54, 1.807) is 7.11 Å². The lowest BCUT2D eigenvalue weighted by molar-refractivity contribution is 0.0470. The molecular weight excluding hydrogens is 226 g/mol. The zero-order valence-electron chi connectivity index (χ0n) is 12.4. The number of rotatable bonds is 5. The number of nitrogens with zero attached hydrogens (tertiary/aromatic N) is 1. The van der Waals surface area contributed by atoms with Crippen molar-refractivity contribution >= 4 is 0 Å². The van der Waals surface area contributed by atoms with Crippen LogP contribution in [0.1, 0.15) is 44.0 Å². The molecule has 1 rings (SSSR count). The second kappa shape index (κ2) is 5.70. The van der Waals surface area contributed by atoms with Crippen molar-refractivity contribution in [2.45, 2.75) is 53.6 Å². The summed E-state index contributed by atoms with van der Waals surface area (Å²) in [4.78, 5) is 4.43. The van der Waals surface area contributed by atoms with Crippen molar-refractivity contribution in [1.82, 2.24) is 4.98 Å². The Morgan fingerprint density at radius 1 is 1.39 bits per heavy atom. The first-order valence-corrected chi connectivity index (χ1v) is 6.50. The normalized spacial score (nSPS) is 13.5. The van der Waals surface area contributed by atoms with Crippen LogP contribution in [0, 0.1) is 19.3 Å². The van der Waals surface area contributed by atoms with Crippen molar-refractivity contribution in [3.8, 4) is 5.75 Å². The van der Waals surface area contributed by atoms with Gasteiger partial charge in [-0.2, -0.15) is 0 Å². The highest BCUT2D eigenvalue weighted by Crippen LogP contribution is 2.30. The highest BCUT2D eigenvalue weighted by atomic mass is 16.5. The fourth-order valence-corrected chi connectivity index (χ4v) is 1.97. The molecule has 1 aromatic rings. The van der Waals surface area contributed by atoms with Crippen LogP contribution >= 0.6 is 0 Å². The van der Waals surface area contributed by atoms with Gasteiger partial charge in [0.2, 0.25) is 0 Å². The summed E-state index contributed by atoms with van der Waals surface area (Å²) in [5.74, 6) is 0.876. The molecule has 0 aromatic carbocycles. The van der Waals surface area contributed by atoms with Gasteiger partial charge >= 0.3 is 0 Å². The minimum absolute atomic E-state index is 0.0910. The molecule has 0 aliphatic rings. The first kappa shape index (κ1) is 15.0. The Balaban J connectivity index is 2.99. The number of hydrogen-bond acceptors (Lipinski definition) is 3. The lowest BCUT2D eigenvalue weighted by Crippen LogP contribution is -2.31. The molecule has 0 saturated heterocycles. The third-order valence-electron chi connectivity index (χ3n) is 3.95. The molecule has 0 fully saturated rings. The smallest absolute Gasteiger partial charge is 0.128 e. The molecule has 0 bridgehead atoms. The van der Waals surface area contributed by atoms with Gasteiger partial charge in [-0.3, -0.25) is 4.98 Å². The number of pyridine rings is 1. The molecule has 1 atom stereocenters. The van der Waals surface area contributed by atoms with Gasteiger partial charge in [0.1, 0.15) is 5.75 Å². The number of aliphatic hydroxyl groups is 1. The Morgan fingerprint density at radius 2 is 2.00 bits per heavy atom. The number of aryl methyl sites for hydroxylation is 1. The van der Waals surface area contributed by atoms with E-state index in [9.17, 15) is 5.11 Å². The van der Waals surface area contributed by atoms with Crippen LogP contribution < -0.4 is 4.74 Å². The SMILES string of the molecule is CCC(C)(C)C(O)Cc1ncc(C)c(OC)c1C. The molecule has 1 unspecified atom stereocenters. The average molecular weight is 251 g/mol. The fraction of sp³-hybridized carbons (Fsp3) is 0.667. The summed E-state index contributed by atoms with van der Waals surface area (Å²) < 4.78 is 5.39. The van der Waals surface area contributed by atoms with E-state index in [-0.39, 0.29) is 11.5 Å². The van der Waals surface area contributed by atoms with Crippen molar-refractivity contribution < 1.29 is 9.84 Å². The van der Waals surface area contributed by atoms with Crippen molar-refractivity contribution in [2.75, 3.05) is 7.11 Å². The van der Waals surface area contributed by atoms with E-state index in [0.717, 1.165) is 29.0 Å². The quantitative estimate of drug-likeness (QED) is 0.874. The van der Waals surface area contributed by atoms with Gasteiger partial charge in [-0.1, -0.05) is 20.8 Å². The van der Waals surface area contributed by atoms with E-state index >= 15 is 0 Å². The molecule has 3 nitrogen and oxygen atoms in total. The molecule has 0 saturated carbocycles. The first-order chi connectivity index (χ1) is 8.33. The first-order valence-electron chi connectivity index (χ1n) is 6.50. The summed E-state index contributed by atoms with van der Waals surface area (Å²) in [5.41, 5.74) is 2.89. The number of methoxy groups -OCH3 is 1. The molecule has 1 heterocycles. The van der Waals surface area contributed by atoms with Crippen molar-refractivity contribution in [3.63, 3.8) is 0 Å². The standard InChI is InChI=1S/C15H25NO2/c1-7-15(4,5)13(17)8-12-11(3)14(18-6)10(2)9-16-12/h9,13,17H,7-8H2,1-6H3. The zero-order chi connectivity index (χ0) is 13.9. The van der Waals surface area contributed by atoms with Crippen LogP contribution in [-0.4, -0.2) is 23.3 Å². The summed E-state index contributed by atoms with van der Waals surface area (Å²) in [6.07, 6.45) is 2.94. The minimum Gasteiger partial charge on any atom is -0.496 e. The van der Waals surface area contributed by atoms with Crippen molar-refractivity contribution in [2.24, 2.45) is 5.41 Å². The monoisotopic (exact) mass is 251 g/mol. The molecular formula is C15H25NO2. The zero-order valence-corrected chi connectivity index (χ0v) is 12.4. The van der Waals surface area contributed by atoms with E-state index in [4.69, 9.17) is 4.74 Å². The predicted octanol–water partition coefficient (Wildman–Crippen LogP) is 3.05. The van der Waals surface area contributed by atoms with Crippen LogP contribution in [0.2, 0.25) is 0 Å². The molecule has 3 heteroatoms. The van der Waals surface area contributed by atoms with Crippen LogP contribution in [0.25, 0.3) is 0 Å². The van der Waals surface area contributed by atoms with Gasteiger partial charge < -0.3 is 9.84 Å². The molecule has 1 aromatic heterocycles. The van der Waals surface area contributed by atoms with Crippen molar-refractivity contribution in [3.05, 3.63) is 23.0 Å². The van der Waals surface area contributed by atoms with Gasteiger partial charge in [-0.05, 0) is 25.7 Å². The lowest BCUT2D eigenvalue weighted by atomic mass is 9.81. The third-order valence-corrected chi connectivity index (χ3v) is 3.95. The summed E-state index contributed by atoms with van der Waals surface area (Å²) in [6, 6.07) is 0. The highest BCUT2D eigenvalue weighted by molar-refractivity contribution is 5.41. The van der Waals surface area contributed by atoms with Crippen LogP contribution in [0.3, 0.4) is 0 Å². The predicted molar refractivity (Wildman–Crippen MR) is 74.0 cm³/mol. The maximum atomic E-state index is 10.3. The molecule has 0 radical (unpaired) electrons. The molecule has 0 aliphatic carbocycles.